The summed E-state index contributed by atoms with van der Waals surface area (Å²) in [6, 6.07) is 13.4. The number of pyridine rings is 1. The third-order valence-corrected chi connectivity index (χ3v) is 4.19. The van der Waals surface area contributed by atoms with E-state index < -0.39 is 11.9 Å². The van der Waals surface area contributed by atoms with Crippen LogP contribution < -0.4 is 0 Å². The van der Waals surface area contributed by atoms with Crippen molar-refractivity contribution in [3.05, 3.63) is 53.6 Å². The van der Waals surface area contributed by atoms with Crippen LogP contribution in [0.5, 0.6) is 0 Å². The van der Waals surface area contributed by atoms with Crippen LogP contribution in [0.2, 0.25) is 0 Å². The molecule has 5 heteroatoms. The lowest BCUT2D eigenvalue weighted by Gasteiger charge is -2.03. The molecule has 3 aromatic heterocycles. The van der Waals surface area contributed by atoms with E-state index in [1.807, 2.05) is 40.8 Å². The van der Waals surface area contributed by atoms with E-state index in [9.17, 15) is 9.59 Å². The van der Waals surface area contributed by atoms with Crippen LogP contribution in [-0.2, 0) is 9.47 Å². The molecule has 0 atom stereocenters. The molecule has 0 bridgehead atoms. The highest BCUT2D eigenvalue weighted by Gasteiger charge is 2.30. The molecule has 1 aromatic carbocycles. The van der Waals surface area contributed by atoms with Crippen LogP contribution in [0.4, 0.5) is 0 Å². The van der Waals surface area contributed by atoms with Crippen molar-refractivity contribution in [2.75, 3.05) is 14.2 Å². The van der Waals surface area contributed by atoms with Gasteiger partial charge in [-0.2, -0.15) is 0 Å². The molecule has 0 N–H and O–H groups in total. The Balaban J connectivity index is 2.33. The number of benzene rings is 1. The molecule has 0 saturated carbocycles. The number of ether oxygens (including phenoxy) is 2. The van der Waals surface area contributed by atoms with Crippen LogP contribution in [0, 0.1) is 0 Å². The summed E-state index contributed by atoms with van der Waals surface area (Å²) in [5, 5.41) is 1.92. The fourth-order valence-electron chi connectivity index (χ4n) is 3.29. The van der Waals surface area contributed by atoms with Crippen LogP contribution in [0.1, 0.15) is 20.7 Å². The van der Waals surface area contributed by atoms with Crippen molar-refractivity contribution >= 4 is 39.3 Å². The van der Waals surface area contributed by atoms with Gasteiger partial charge in [0.15, 0.2) is 0 Å². The molecule has 0 amide bonds. The van der Waals surface area contributed by atoms with Gasteiger partial charge in [0.2, 0.25) is 0 Å². The number of methoxy groups -OCH3 is 2. The number of esters is 2. The molecule has 0 spiro atoms. The third-order valence-electron chi connectivity index (χ3n) is 4.19. The largest absolute Gasteiger partial charge is 0.465 e. The summed E-state index contributed by atoms with van der Waals surface area (Å²) in [5.74, 6) is -1.10. The maximum Gasteiger partial charge on any atom is 0.340 e. The van der Waals surface area contributed by atoms with Gasteiger partial charge in [-0.1, -0.05) is 30.3 Å². The molecular formula is C18H13NO4. The maximum atomic E-state index is 12.4. The maximum absolute atomic E-state index is 12.4. The number of rotatable bonds is 2. The first-order valence-corrected chi connectivity index (χ1v) is 7.13. The van der Waals surface area contributed by atoms with Gasteiger partial charge in [-0.05, 0) is 12.1 Å². The van der Waals surface area contributed by atoms with Gasteiger partial charge >= 0.3 is 11.9 Å². The van der Waals surface area contributed by atoms with E-state index in [0.717, 1.165) is 16.3 Å². The second-order valence-corrected chi connectivity index (χ2v) is 5.26. The van der Waals surface area contributed by atoms with E-state index in [2.05, 4.69) is 0 Å². The van der Waals surface area contributed by atoms with Gasteiger partial charge in [-0.25, -0.2) is 9.59 Å². The third kappa shape index (κ3) is 1.61. The summed E-state index contributed by atoms with van der Waals surface area (Å²) in [4.78, 5) is 24.7. The number of nitrogens with zero attached hydrogens (tertiary/aromatic N) is 1. The minimum Gasteiger partial charge on any atom is -0.465 e. The van der Waals surface area contributed by atoms with E-state index in [-0.39, 0.29) is 11.1 Å². The molecule has 0 aliphatic heterocycles. The number of aromatic nitrogens is 1. The molecule has 23 heavy (non-hydrogen) atoms. The topological polar surface area (TPSA) is 57.0 Å². The lowest BCUT2D eigenvalue weighted by molar-refractivity contribution is 0.0559. The zero-order chi connectivity index (χ0) is 16.1. The van der Waals surface area contributed by atoms with Crippen LogP contribution in [0.15, 0.2) is 42.5 Å². The molecule has 4 rings (SSSR count). The molecule has 0 saturated heterocycles. The van der Waals surface area contributed by atoms with Crippen LogP contribution in [0.25, 0.3) is 27.3 Å². The normalized spacial score (nSPS) is 11.4. The SMILES string of the molecule is COC(=O)c1c(C(=O)OC)c2c3ccccc3c3cccc1n32. The summed E-state index contributed by atoms with van der Waals surface area (Å²) in [6.07, 6.45) is 0. The number of carbonyl (C=O) groups is 2. The Morgan fingerprint density at radius 2 is 1.39 bits per heavy atom. The second-order valence-electron chi connectivity index (χ2n) is 5.26. The fourth-order valence-corrected chi connectivity index (χ4v) is 3.29. The van der Waals surface area contributed by atoms with E-state index in [4.69, 9.17) is 9.47 Å². The standard InChI is InChI=1S/C18H13NO4/c1-22-17(20)14-13-9-5-8-12-10-6-3-4-7-11(10)16(19(12)13)15(14)18(21)23-2/h3-9H,1-2H3. The van der Waals surface area contributed by atoms with E-state index in [1.54, 1.807) is 6.07 Å². The molecule has 0 aliphatic rings. The smallest absolute Gasteiger partial charge is 0.340 e. The summed E-state index contributed by atoms with van der Waals surface area (Å²) in [6.45, 7) is 0. The number of hydrogen-bond acceptors (Lipinski definition) is 4. The van der Waals surface area contributed by atoms with E-state index >= 15 is 0 Å². The minimum atomic E-state index is -0.550. The Kier molecular flexibility index (Phi) is 2.78. The lowest BCUT2D eigenvalue weighted by Crippen LogP contribution is -2.09. The molecule has 0 radical (unpaired) electrons. The van der Waals surface area contributed by atoms with Crippen LogP contribution >= 0.6 is 0 Å². The van der Waals surface area contributed by atoms with E-state index in [0.29, 0.717) is 11.0 Å². The quantitative estimate of drug-likeness (QED) is 0.533. The molecule has 5 nitrogen and oxygen atoms in total. The van der Waals surface area contributed by atoms with Gasteiger partial charge < -0.3 is 13.9 Å². The highest BCUT2D eigenvalue weighted by atomic mass is 16.5. The molecule has 0 aliphatic carbocycles. The van der Waals surface area contributed by atoms with Crippen molar-refractivity contribution in [3.8, 4) is 0 Å². The van der Waals surface area contributed by atoms with Gasteiger partial charge in [0.1, 0.15) is 11.1 Å². The van der Waals surface area contributed by atoms with Crippen molar-refractivity contribution in [3.63, 3.8) is 0 Å². The number of carbonyl (C=O) groups excluding carboxylic acids is 2. The van der Waals surface area contributed by atoms with Gasteiger partial charge in [0, 0.05) is 10.8 Å². The highest BCUT2D eigenvalue weighted by molar-refractivity contribution is 6.22. The summed E-state index contributed by atoms with van der Waals surface area (Å²) < 4.78 is 11.7. The Morgan fingerprint density at radius 3 is 2.09 bits per heavy atom. The first-order valence-electron chi connectivity index (χ1n) is 7.13. The Morgan fingerprint density at radius 1 is 0.783 bits per heavy atom. The average Bonchev–Trinajstić information content (AvgIpc) is 3.11. The van der Waals surface area contributed by atoms with Crippen molar-refractivity contribution in [2.45, 2.75) is 0 Å². The van der Waals surface area contributed by atoms with Gasteiger partial charge in [-0.3, -0.25) is 0 Å². The predicted octanol–water partition coefficient (Wildman–Crippen LogP) is 3.26. The van der Waals surface area contributed by atoms with Crippen LogP contribution in [0.3, 0.4) is 0 Å². The van der Waals surface area contributed by atoms with Gasteiger partial charge in [0.25, 0.3) is 0 Å². The average molecular weight is 307 g/mol. The summed E-state index contributed by atoms with van der Waals surface area (Å²) >= 11 is 0. The number of hydrogen-bond donors (Lipinski definition) is 0. The Bertz CT molecular complexity index is 1080. The monoisotopic (exact) mass is 307 g/mol. The molecule has 0 fully saturated rings. The molecule has 114 valence electrons. The molecule has 3 heterocycles. The molecule has 4 aromatic rings. The fraction of sp³-hybridized carbons (Fsp3) is 0.111. The van der Waals surface area contributed by atoms with Crippen molar-refractivity contribution in [1.82, 2.24) is 4.40 Å². The highest BCUT2D eigenvalue weighted by Crippen LogP contribution is 2.37. The first-order chi connectivity index (χ1) is 11.2. The lowest BCUT2D eigenvalue weighted by atomic mass is 10.1. The Hall–Kier alpha value is -3.08. The van der Waals surface area contributed by atoms with Crippen molar-refractivity contribution in [1.29, 1.82) is 0 Å². The molecule has 0 unspecified atom stereocenters. The summed E-state index contributed by atoms with van der Waals surface area (Å²) in [5.41, 5.74) is 2.75. The molecular weight excluding hydrogens is 294 g/mol. The van der Waals surface area contributed by atoms with Crippen LogP contribution in [-0.4, -0.2) is 30.6 Å². The van der Waals surface area contributed by atoms with E-state index in [1.165, 1.54) is 14.2 Å². The predicted molar refractivity (Wildman–Crippen MR) is 86.3 cm³/mol. The van der Waals surface area contributed by atoms with Crippen molar-refractivity contribution < 1.29 is 19.1 Å². The van der Waals surface area contributed by atoms with Crippen molar-refractivity contribution in [2.24, 2.45) is 0 Å². The second kappa shape index (κ2) is 4.71. The zero-order valence-corrected chi connectivity index (χ0v) is 12.6. The zero-order valence-electron chi connectivity index (χ0n) is 12.6. The minimum absolute atomic E-state index is 0.241. The summed E-state index contributed by atoms with van der Waals surface area (Å²) in [7, 11) is 2.61. The van der Waals surface area contributed by atoms with Gasteiger partial charge in [0.05, 0.1) is 30.8 Å². The van der Waals surface area contributed by atoms with Gasteiger partial charge in [-0.15, -0.1) is 0 Å². The Labute approximate surface area is 131 Å². The number of fused-ring (bicyclic) bond motifs is 3. The first kappa shape index (κ1) is 13.6.